The number of aryl methyl sites for hydroxylation is 1. The van der Waals surface area contributed by atoms with E-state index in [1.54, 1.807) is 4.57 Å². The lowest BCUT2D eigenvalue weighted by atomic mass is 9.78. The van der Waals surface area contributed by atoms with Crippen LogP contribution < -0.4 is 10.5 Å². The van der Waals surface area contributed by atoms with E-state index in [0.717, 1.165) is 19.3 Å². The zero-order valence-corrected chi connectivity index (χ0v) is 10.7. The fourth-order valence-electron chi connectivity index (χ4n) is 1.77. The molecule has 0 radical (unpaired) electrons. The van der Waals surface area contributed by atoms with Gasteiger partial charge < -0.3 is 10.3 Å². The topological polar surface area (TPSA) is 90.0 Å². The van der Waals surface area contributed by atoms with E-state index < -0.39 is 10.0 Å². The van der Waals surface area contributed by atoms with E-state index in [-0.39, 0.29) is 17.1 Å². The van der Waals surface area contributed by atoms with Gasteiger partial charge in [0.1, 0.15) is 0 Å². The molecule has 0 amide bonds. The van der Waals surface area contributed by atoms with Crippen molar-refractivity contribution in [3.63, 3.8) is 0 Å². The Labute approximate surface area is 101 Å². The monoisotopic (exact) mass is 258 g/mol. The first-order valence-electron chi connectivity index (χ1n) is 5.75. The molecule has 96 valence electrons. The molecule has 0 aliphatic heterocycles. The van der Waals surface area contributed by atoms with Gasteiger partial charge in [-0.25, -0.2) is 18.1 Å². The van der Waals surface area contributed by atoms with Crippen LogP contribution in [-0.4, -0.2) is 30.1 Å². The number of sulfonamides is 1. The lowest BCUT2D eigenvalue weighted by Crippen LogP contribution is -2.54. The minimum absolute atomic E-state index is 0.0577. The van der Waals surface area contributed by atoms with E-state index in [9.17, 15) is 8.42 Å². The third-order valence-corrected chi connectivity index (χ3v) is 4.50. The van der Waals surface area contributed by atoms with Crippen LogP contribution in [0.5, 0.6) is 0 Å². The molecule has 0 saturated heterocycles. The van der Waals surface area contributed by atoms with Crippen LogP contribution in [0.3, 0.4) is 0 Å². The lowest BCUT2D eigenvalue weighted by Gasteiger charge is -2.37. The van der Waals surface area contributed by atoms with Crippen molar-refractivity contribution in [3.05, 3.63) is 12.5 Å². The number of aromatic nitrogens is 2. The van der Waals surface area contributed by atoms with E-state index >= 15 is 0 Å². The van der Waals surface area contributed by atoms with E-state index in [0.29, 0.717) is 6.54 Å². The summed E-state index contributed by atoms with van der Waals surface area (Å²) in [6.07, 6.45) is 5.85. The van der Waals surface area contributed by atoms with Gasteiger partial charge in [0, 0.05) is 24.8 Å². The largest absolute Gasteiger partial charge is 0.336 e. The van der Waals surface area contributed by atoms with E-state index in [1.807, 2.05) is 6.92 Å². The maximum Gasteiger partial charge on any atom is 0.259 e. The Bertz CT molecular complexity index is 490. The van der Waals surface area contributed by atoms with Gasteiger partial charge in [-0.3, -0.25) is 0 Å². The third-order valence-electron chi connectivity index (χ3n) is 3.21. The van der Waals surface area contributed by atoms with Crippen LogP contribution in [0, 0.1) is 0 Å². The highest BCUT2D eigenvalue weighted by molar-refractivity contribution is 7.89. The number of nitrogens with zero attached hydrogens (tertiary/aromatic N) is 2. The van der Waals surface area contributed by atoms with Crippen molar-refractivity contribution in [3.8, 4) is 0 Å². The molecular formula is C10H18N4O2S. The van der Waals surface area contributed by atoms with Crippen molar-refractivity contribution in [1.82, 2.24) is 14.3 Å². The summed E-state index contributed by atoms with van der Waals surface area (Å²) in [5.74, 6) is 0. The Hall–Kier alpha value is -0.920. The first-order chi connectivity index (χ1) is 7.95. The molecule has 0 unspecified atom stereocenters. The molecule has 3 N–H and O–H groups in total. The van der Waals surface area contributed by atoms with E-state index in [2.05, 4.69) is 9.71 Å². The summed E-state index contributed by atoms with van der Waals surface area (Å²) in [5, 5.41) is 0.0577. The Kier molecular flexibility index (Phi) is 3.24. The predicted molar refractivity (Wildman–Crippen MR) is 63.9 cm³/mol. The summed E-state index contributed by atoms with van der Waals surface area (Å²) in [7, 11) is -3.52. The average Bonchev–Trinajstić information content (AvgIpc) is 2.73. The number of hydrogen-bond donors (Lipinski definition) is 2. The van der Waals surface area contributed by atoms with E-state index in [1.165, 1.54) is 12.5 Å². The van der Waals surface area contributed by atoms with Crippen molar-refractivity contribution in [2.45, 2.75) is 43.3 Å². The molecule has 0 atom stereocenters. The first-order valence-corrected chi connectivity index (χ1v) is 7.24. The molecule has 1 aliphatic carbocycles. The minimum atomic E-state index is -3.52. The third kappa shape index (κ3) is 2.67. The van der Waals surface area contributed by atoms with Crippen LogP contribution >= 0.6 is 0 Å². The van der Waals surface area contributed by atoms with Crippen LogP contribution in [0.2, 0.25) is 0 Å². The summed E-state index contributed by atoms with van der Waals surface area (Å²) in [6.45, 7) is 2.91. The van der Waals surface area contributed by atoms with Crippen molar-refractivity contribution >= 4 is 10.0 Å². The standard InChI is InChI=1S/C10H18N4O2S/c1-2-14-6-9(12-8-14)17(15,16)13-7-10(11)4-3-5-10/h6,8,13H,2-5,7,11H2,1H3. The second-order valence-corrected chi connectivity index (χ2v) is 6.30. The zero-order valence-electron chi connectivity index (χ0n) is 9.89. The van der Waals surface area contributed by atoms with Gasteiger partial charge >= 0.3 is 0 Å². The van der Waals surface area contributed by atoms with Gasteiger partial charge in [0.2, 0.25) is 0 Å². The molecule has 7 heteroatoms. The van der Waals surface area contributed by atoms with Gasteiger partial charge in [0.15, 0.2) is 5.03 Å². The SMILES string of the molecule is CCn1cnc(S(=O)(=O)NCC2(N)CCC2)c1. The number of nitrogens with one attached hydrogen (secondary N) is 1. The molecule has 17 heavy (non-hydrogen) atoms. The van der Waals surface area contributed by atoms with Gasteiger partial charge in [0.05, 0.1) is 6.33 Å². The number of nitrogens with two attached hydrogens (primary N) is 1. The van der Waals surface area contributed by atoms with Crippen LogP contribution in [0.1, 0.15) is 26.2 Å². The van der Waals surface area contributed by atoms with Crippen LogP contribution in [-0.2, 0) is 16.6 Å². The summed E-state index contributed by atoms with van der Waals surface area (Å²) in [4.78, 5) is 3.87. The Morgan fingerprint density at radius 3 is 2.76 bits per heavy atom. The Morgan fingerprint density at radius 1 is 1.59 bits per heavy atom. The highest BCUT2D eigenvalue weighted by Crippen LogP contribution is 2.28. The number of imidazole rings is 1. The molecule has 1 saturated carbocycles. The molecule has 2 rings (SSSR count). The second kappa shape index (κ2) is 4.40. The Balaban J connectivity index is 2.03. The molecule has 0 bridgehead atoms. The maximum atomic E-state index is 11.9. The van der Waals surface area contributed by atoms with Crippen molar-refractivity contribution in [2.75, 3.05) is 6.54 Å². The van der Waals surface area contributed by atoms with Gasteiger partial charge in [0.25, 0.3) is 10.0 Å². The van der Waals surface area contributed by atoms with Crippen LogP contribution in [0.15, 0.2) is 17.6 Å². The zero-order chi connectivity index (χ0) is 12.5. The maximum absolute atomic E-state index is 11.9. The number of hydrogen-bond acceptors (Lipinski definition) is 4. The summed E-state index contributed by atoms with van der Waals surface area (Å²) >= 11 is 0. The van der Waals surface area contributed by atoms with Crippen molar-refractivity contribution in [2.24, 2.45) is 5.73 Å². The molecule has 0 spiro atoms. The van der Waals surface area contributed by atoms with E-state index in [4.69, 9.17) is 5.73 Å². The van der Waals surface area contributed by atoms with Gasteiger partial charge in [-0.2, -0.15) is 0 Å². The lowest BCUT2D eigenvalue weighted by molar-refractivity contribution is 0.251. The molecule has 1 aliphatic rings. The normalized spacial score (nSPS) is 18.9. The summed E-state index contributed by atoms with van der Waals surface area (Å²) in [5.41, 5.74) is 5.61. The predicted octanol–water partition coefficient (Wildman–Crippen LogP) is 0.0627. The molecule has 1 aromatic rings. The van der Waals surface area contributed by atoms with Gasteiger partial charge in [-0.15, -0.1) is 0 Å². The van der Waals surface area contributed by atoms with Crippen molar-refractivity contribution in [1.29, 1.82) is 0 Å². The highest BCUT2D eigenvalue weighted by atomic mass is 32.2. The molecule has 6 nitrogen and oxygen atoms in total. The summed E-state index contributed by atoms with van der Waals surface area (Å²) < 4.78 is 28.1. The highest BCUT2D eigenvalue weighted by Gasteiger charge is 2.34. The first kappa shape index (κ1) is 12.5. The quantitative estimate of drug-likeness (QED) is 0.781. The smallest absolute Gasteiger partial charge is 0.259 e. The fraction of sp³-hybridized carbons (Fsp3) is 0.700. The molecule has 1 heterocycles. The molecule has 1 aromatic heterocycles. The van der Waals surface area contributed by atoms with Gasteiger partial charge in [-0.1, -0.05) is 0 Å². The molecular weight excluding hydrogens is 240 g/mol. The van der Waals surface area contributed by atoms with Crippen molar-refractivity contribution < 1.29 is 8.42 Å². The summed E-state index contributed by atoms with van der Waals surface area (Å²) in [6, 6.07) is 0. The Morgan fingerprint density at radius 2 is 2.29 bits per heavy atom. The second-order valence-electron chi connectivity index (χ2n) is 4.58. The fourth-order valence-corrected chi connectivity index (χ4v) is 2.86. The average molecular weight is 258 g/mol. The van der Waals surface area contributed by atoms with Crippen LogP contribution in [0.25, 0.3) is 0 Å². The number of rotatable bonds is 5. The molecule has 1 fully saturated rings. The van der Waals surface area contributed by atoms with Gasteiger partial charge in [-0.05, 0) is 26.2 Å². The molecule has 0 aromatic carbocycles. The van der Waals surface area contributed by atoms with Crippen LogP contribution in [0.4, 0.5) is 0 Å². The minimum Gasteiger partial charge on any atom is -0.336 e.